The first-order valence-electron chi connectivity index (χ1n) is 1.49. The number of nitrogens with two attached hydrogens (primary N) is 2. The Morgan fingerprint density at radius 1 is 1.22 bits per heavy atom. The van der Waals surface area contributed by atoms with Crippen LogP contribution in [-0.4, -0.2) is 39.6 Å². The monoisotopic (exact) mass is 328 g/mol. The summed E-state index contributed by atoms with van der Waals surface area (Å²) in [6, 6.07) is -0.833. The maximum Gasteiger partial charge on any atom is 3.00 e. The van der Waals surface area contributed by atoms with E-state index in [0.717, 1.165) is 0 Å². The molecule has 0 aliphatic heterocycles. The van der Waals surface area contributed by atoms with Crippen molar-refractivity contribution < 1.29 is 19.9 Å². The van der Waals surface area contributed by atoms with E-state index in [9.17, 15) is 0 Å². The second-order valence-electron chi connectivity index (χ2n) is 0.691. The largest absolute Gasteiger partial charge is 3.00 e. The van der Waals surface area contributed by atoms with Gasteiger partial charge in [-0.3, -0.25) is 7.32 Å². The van der Waals surface area contributed by atoms with Gasteiger partial charge in [0.15, 0.2) is 0 Å². The molecule has 0 saturated heterocycles. The van der Waals surface area contributed by atoms with Crippen LogP contribution in [0.3, 0.4) is 0 Å². The van der Waals surface area contributed by atoms with Crippen molar-refractivity contribution in [3.63, 3.8) is 0 Å². The maximum absolute atomic E-state index is 9.00. The van der Waals surface area contributed by atoms with Crippen molar-refractivity contribution in [3.8, 4) is 0 Å². The van der Waals surface area contributed by atoms with Crippen molar-refractivity contribution in [2.24, 2.45) is 11.5 Å². The molecular weight excluding hydrogens is 324 g/mol. The van der Waals surface area contributed by atoms with Crippen LogP contribution >= 0.6 is 0 Å². The fraction of sp³-hybridized carbons (Fsp3) is 0. The van der Waals surface area contributed by atoms with E-state index >= 15 is 0 Å². The molecule has 50 valence electrons. The summed E-state index contributed by atoms with van der Waals surface area (Å²) >= 11 is 0. The molecule has 4 N–H and O–H groups in total. The van der Waals surface area contributed by atoms with E-state index in [1.807, 2.05) is 0 Å². The van der Waals surface area contributed by atoms with Crippen LogP contribution in [0.1, 0.15) is 0 Å². The average Bonchev–Trinajstić information content (AvgIpc) is 1.25. The second kappa shape index (κ2) is 11.0. The molecule has 0 aliphatic carbocycles. The summed E-state index contributed by atoms with van der Waals surface area (Å²) in [6.07, 6.45) is 0. The maximum atomic E-state index is 9.00. The number of urea groups is 1. The standard InChI is InChI=1S/CH4N2O.BO3.Bi/c2*2-1(3)4;/h(H4,2,3,4);;/q;-3;+3. The van der Waals surface area contributed by atoms with Gasteiger partial charge in [-0.1, -0.05) is 0 Å². The third-order valence-electron chi connectivity index (χ3n) is 0. The van der Waals surface area contributed by atoms with E-state index < -0.39 is 13.4 Å². The van der Waals surface area contributed by atoms with Crippen LogP contribution in [0.4, 0.5) is 4.79 Å². The number of primary amides is 2. The molecule has 8 heteroatoms. The molecule has 9 heavy (non-hydrogen) atoms. The normalized spacial score (nSPS) is 5.67. The minimum Gasteiger partial charge on any atom is -0.907 e. The zero-order chi connectivity index (χ0) is 7.15. The summed E-state index contributed by atoms with van der Waals surface area (Å²) in [7, 11) is -2.92. The van der Waals surface area contributed by atoms with Crippen LogP contribution in [-0.2, 0) is 0 Å². The van der Waals surface area contributed by atoms with E-state index in [1.54, 1.807) is 0 Å². The topological polar surface area (TPSA) is 138 Å². The van der Waals surface area contributed by atoms with E-state index in [1.165, 1.54) is 0 Å². The SMILES string of the molecule is NC(N)=O.[Bi+3].[O-]B([O-])[O-]. The predicted molar refractivity (Wildman–Crippen MR) is 25.3 cm³/mol. The summed E-state index contributed by atoms with van der Waals surface area (Å²) in [5.41, 5.74) is 8.50. The van der Waals surface area contributed by atoms with Gasteiger partial charge in [0.2, 0.25) is 0 Å². The van der Waals surface area contributed by atoms with Gasteiger partial charge in [0.25, 0.3) is 0 Å². The summed E-state index contributed by atoms with van der Waals surface area (Å²) in [4.78, 5) is 9.00. The Balaban J connectivity index is -0.0000000720. The van der Waals surface area contributed by atoms with Crippen molar-refractivity contribution in [3.05, 3.63) is 0 Å². The first-order chi connectivity index (χ1) is 3.46. The zero-order valence-corrected chi connectivity index (χ0v) is 7.79. The van der Waals surface area contributed by atoms with E-state index in [2.05, 4.69) is 11.5 Å². The van der Waals surface area contributed by atoms with Gasteiger partial charge in [-0.2, -0.15) is 0 Å². The Labute approximate surface area is 71.1 Å². The summed E-state index contributed by atoms with van der Waals surface area (Å²) < 4.78 is 0. The molecule has 0 spiro atoms. The van der Waals surface area contributed by atoms with Crippen LogP contribution in [0.2, 0.25) is 0 Å². The molecule has 0 atom stereocenters. The van der Waals surface area contributed by atoms with Gasteiger partial charge in [0.05, 0.1) is 0 Å². The fourth-order valence-corrected chi connectivity index (χ4v) is 0. The fourth-order valence-electron chi connectivity index (χ4n) is 0. The Morgan fingerprint density at radius 2 is 1.22 bits per heavy atom. The first kappa shape index (κ1) is 16.0. The molecule has 0 aromatic carbocycles. The Hall–Kier alpha value is 0.0981. The van der Waals surface area contributed by atoms with Crippen LogP contribution in [0.5, 0.6) is 0 Å². The molecule has 2 amide bonds. The van der Waals surface area contributed by atoms with Gasteiger partial charge < -0.3 is 26.5 Å². The van der Waals surface area contributed by atoms with E-state index in [4.69, 9.17) is 19.9 Å². The number of hydrogen-bond acceptors (Lipinski definition) is 4. The third kappa shape index (κ3) is 31300. The van der Waals surface area contributed by atoms with E-state index in [0.29, 0.717) is 0 Å². The minimum atomic E-state index is -2.92. The van der Waals surface area contributed by atoms with Crippen molar-refractivity contribution in [2.75, 3.05) is 0 Å². The summed E-state index contributed by atoms with van der Waals surface area (Å²) in [5.74, 6) is 0. The molecule has 0 fully saturated rings. The van der Waals surface area contributed by atoms with Crippen molar-refractivity contribution in [2.45, 2.75) is 0 Å². The van der Waals surface area contributed by atoms with Crippen LogP contribution in [0.15, 0.2) is 0 Å². The molecule has 0 heterocycles. The van der Waals surface area contributed by atoms with Gasteiger partial charge in [0, 0.05) is 0 Å². The molecule has 0 unspecified atom stereocenters. The first-order valence-corrected chi connectivity index (χ1v) is 1.49. The number of amides is 2. The van der Waals surface area contributed by atoms with Crippen molar-refractivity contribution >= 4 is 39.6 Å². The molecule has 0 aromatic rings. The quantitative estimate of drug-likeness (QED) is 0.429. The van der Waals surface area contributed by atoms with Crippen LogP contribution in [0, 0.1) is 0 Å². The third-order valence-corrected chi connectivity index (χ3v) is 0. The summed E-state index contributed by atoms with van der Waals surface area (Å²) in [5, 5.41) is 25.2. The minimum absolute atomic E-state index is 0. The van der Waals surface area contributed by atoms with Gasteiger partial charge >= 0.3 is 32.2 Å². The smallest absolute Gasteiger partial charge is 0.907 e. The molecule has 2 radical (unpaired) electrons. The average molecular weight is 328 g/mol. The van der Waals surface area contributed by atoms with Crippen LogP contribution < -0.4 is 26.5 Å². The molecule has 0 bridgehead atoms. The molecule has 0 aromatic heterocycles. The zero-order valence-electron chi connectivity index (χ0n) is 4.31. The number of rotatable bonds is 0. The molecule has 6 nitrogen and oxygen atoms in total. The van der Waals surface area contributed by atoms with Crippen molar-refractivity contribution in [1.29, 1.82) is 0 Å². The van der Waals surface area contributed by atoms with Gasteiger partial charge in [0.1, 0.15) is 0 Å². The second-order valence-corrected chi connectivity index (χ2v) is 0.691. The number of carbonyl (C=O) groups excluding carboxylic acids is 1. The summed E-state index contributed by atoms with van der Waals surface area (Å²) in [6.45, 7) is 0. The van der Waals surface area contributed by atoms with Crippen LogP contribution in [0.25, 0.3) is 0 Å². The Bertz CT molecular complexity index is 62.8. The predicted octanol–water partition coefficient (Wildman–Crippen LogP) is -5.30. The van der Waals surface area contributed by atoms with Crippen molar-refractivity contribution in [1.82, 2.24) is 0 Å². The molecule has 0 rings (SSSR count). The van der Waals surface area contributed by atoms with Gasteiger partial charge in [-0.25, -0.2) is 4.79 Å². The molecular formula is CH4BBiN2O4. The van der Waals surface area contributed by atoms with E-state index in [-0.39, 0.29) is 26.2 Å². The van der Waals surface area contributed by atoms with Gasteiger partial charge in [-0.15, -0.1) is 0 Å². The van der Waals surface area contributed by atoms with Gasteiger partial charge in [-0.05, 0) is 0 Å². The molecule has 0 saturated carbocycles. The molecule has 0 aliphatic rings. The Kier molecular flexibility index (Phi) is 19.6. The number of carbonyl (C=O) groups is 1. The Morgan fingerprint density at radius 3 is 1.22 bits per heavy atom. The number of hydrogen-bond donors (Lipinski definition) is 2.